The molecule has 1 rings (SSSR count). The van der Waals surface area contributed by atoms with E-state index in [0.29, 0.717) is 5.92 Å². The van der Waals surface area contributed by atoms with Crippen LogP contribution >= 0.6 is 0 Å². The summed E-state index contributed by atoms with van der Waals surface area (Å²) in [4.78, 5) is 0. The molecule has 0 fully saturated rings. The number of benzene rings is 1. The van der Waals surface area contributed by atoms with Crippen molar-refractivity contribution in [2.45, 2.75) is 52.6 Å². The zero-order chi connectivity index (χ0) is 13.6. The van der Waals surface area contributed by atoms with Crippen LogP contribution in [0.4, 0.5) is 0 Å². The van der Waals surface area contributed by atoms with Gasteiger partial charge in [0.15, 0.2) is 0 Å². The average Bonchev–Trinajstić information content (AvgIpc) is 2.36. The number of hydrogen-bond donors (Lipinski definition) is 1. The standard InChI is InChI=1S/C16H27NO/c1-6-16(5,12-17-7-2)18-15-10-8-9-14(11-15)13(3)4/h8-11,13,17H,6-7,12H2,1-5H3. The number of ether oxygens (including phenoxy) is 1. The first kappa shape index (κ1) is 15.0. The first-order valence-electron chi connectivity index (χ1n) is 7.00. The molecule has 1 aromatic carbocycles. The Morgan fingerprint density at radius 2 is 2.00 bits per heavy atom. The molecule has 0 amide bonds. The van der Waals surface area contributed by atoms with Crippen molar-refractivity contribution in [3.8, 4) is 5.75 Å². The Hall–Kier alpha value is -1.02. The molecule has 0 saturated heterocycles. The maximum atomic E-state index is 6.18. The molecule has 0 saturated carbocycles. The van der Waals surface area contributed by atoms with E-state index in [9.17, 15) is 0 Å². The van der Waals surface area contributed by atoms with Gasteiger partial charge in [-0.2, -0.15) is 0 Å². The summed E-state index contributed by atoms with van der Waals surface area (Å²) in [5.74, 6) is 1.51. The number of hydrogen-bond acceptors (Lipinski definition) is 2. The van der Waals surface area contributed by atoms with Crippen LogP contribution in [0.2, 0.25) is 0 Å². The molecule has 0 aliphatic heterocycles. The maximum absolute atomic E-state index is 6.18. The quantitative estimate of drug-likeness (QED) is 0.789. The van der Waals surface area contributed by atoms with Crippen molar-refractivity contribution in [3.63, 3.8) is 0 Å². The van der Waals surface area contributed by atoms with E-state index in [1.54, 1.807) is 0 Å². The molecule has 0 spiro atoms. The van der Waals surface area contributed by atoms with Crippen LogP contribution in [0.15, 0.2) is 24.3 Å². The second-order valence-corrected chi connectivity index (χ2v) is 5.41. The minimum atomic E-state index is -0.133. The normalized spacial score (nSPS) is 14.6. The zero-order valence-electron chi connectivity index (χ0n) is 12.4. The highest BCUT2D eigenvalue weighted by molar-refractivity contribution is 5.30. The van der Waals surface area contributed by atoms with Crippen molar-refractivity contribution >= 4 is 0 Å². The zero-order valence-corrected chi connectivity index (χ0v) is 12.4. The highest BCUT2D eigenvalue weighted by Gasteiger charge is 2.23. The number of nitrogens with one attached hydrogen (secondary N) is 1. The van der Waals surface area contributed by atoms with Gasteiger partial charge in [-0.25, -0.2) is 0 Å². The minimum absolute atomic E-state index is 0.133. The molecule has 0 radical (unpaired) electrons. The van der Waals surface area contributed by atoms with Crippen molar-refractivity contribution in [2.75, 3.05) is 13.1 Å². The molecule has 2 nitrogen and oxygen atoms in total. The van der Waals surface area contributed by atoms with Crippen molar-refractivity contribution in [3.05, 3.63) is 29.8 Å². The second kappa shape index (κ2) is 6.79. The summed E-state index contributed by atoms with van der Waals surface area (Å²) < 4.78 is 6.18. The number of likely N-dealkylation sites (N-methyl/N-ethyl adjacent to an activating group) is 1. The first-order chi connectivity index (χ1) is 8.50. The van der Waals surface area contributed by atoms with Gasteiger partial charge in [0, 0.05) is 6.54 Å². The van der Waals surface area contributed by atoms with Gasteiger partial charge in [0.05, 0.1) is 0 Å². The van der Waals surface area contributed by atoms with E-state index in [1.807, 2.05) is 6.07 Å². The molecular weight excluding hydrogens is 222 g/mol. The SMILES string of the molecule is CCNCC(C)(CC)Oc1cccc(C(C)C)c1. The third kappa shape index (κ3) is 4.34. The molecule has 102 valence electrons. The molecule has 2 heteroatoms. The fraction of sp³-hybridized carbons (Fsp3) is 0.625. The Balaban J connectivity index is 2.77. The van der Waals surface area contributed by atoms with Crippen LogP contribution in [0.5, 0.6) is 5.75 Å². The van der Waals surface area contributed by atoms with Gasteiger partial charge in [-0.15, -0.1) is 0 Å². The predicted octanol–water partition coefficient (Wildman–Crippen LogP) is 3.97. The molecular formula is C16H27NO. The van der Waals surface area contributed by atoms with Crippen LogP contribution in [0, 0.1) is 0 Å². The van der Waals surface area contributed by atoms with Crippen molar-refractivity contribution < 1.29 is 4.74 Å². The van der Waals surface area contributed by atoms with Gasteiger partial charge in [-0.1, -0.05) is 39.8 Å². The smallest absolute Gasteiger partial charge is 0.120 e. The highest BCUT2D eigenvalue weighted by Crippen LogP contribution is 2.24. The lowest BCUT2D eigenvalue weighted by molar-refractivity contribution is 0.0841. The first-order valence-corrected chi connectivity index (χ1v) is 7.00. The average molecular weight is 249 g/mol. The fourth-order valence-corrected chi connectivity index (χ4v) is 1.84. The minimum Gasteiger partial charge on any atom is -0.486 e. The molecule has 0 bridgehead atoms. The van der Waals surface area contributed by atoms with Crippen LogP contribution in [0.3, 0.4) is 0 Å². The topological polar surface area (TPSA) is 21.3 Å². The molecule has 0 aliphatic carbocycles. The Labute approximate surface area is 112 Å². The molecule has 1 aromatic rings. The molecule has 0 heterocycles. The van der Waals surface area contributed by atoms with E-state index in [1.165, 1.54) is 5.56 Å². The van der Waals surface area contributed by atoms with Crippen LogP contribution in [0.25, 0.3) is 0 Å². The molecule has 1 unspecified atom stereocenters. The summed E-state index contributed by atoms with van der Waals surface area (Å²) in [5.41, 5.74) is 1.19. The molecule has 0 aliphatic rings. The Kier molecular flexibility index (Phi) is 5.67. The Bertz CT molecular complexity index is 362. The largest absolute Gasteiger partial charge is 0.486 e. The van der Waals surface area contributed by atoms with E-state index in [2.05, 4.69) is 58.1 Å². The van der Waals surface area contributed by atoms with E-state index in [4.69, 9.17) is 4.74 Å². The molecule has 18 heavy (non-hydrogen) atoms. The van der Waals surface area contributed by atoms with Gasteiger partial charge in [-0.05, 0) is 43.5 Å². The Morgan fingerprint density at radius 1 is 1.28 bits per heavy atom. The van der Waals surface area contributed by atoms with Gasteiger partial charge >= 0.3 is 0 Å². The third-order valence-corrected chi connectivity index (χ3v) is 3.39. The summed E-state index contributed by atoms with van der Waals surface area (Å²) in [6.45, 7) is 12.7. The van der Waals surface area contributed by atoms with Crippen LogP contribution in [-0.4, -0.2) is 18.7 Å². The monoisotopic (exact) mass is 249 g/mol. The lowest BCUT2D eigenvalue weighted by Crippen LogP contribution is -2.42. The fourth-order valence-electron chi connectivity index (χ4n) is 1.84. The summed E-state index contributed by atoms with van der Waals surface area (Å²) in [7, 11) is 0. The van der Waals surface area contributed by atoms with Crippen molar-refractivity contribution in [1.82, 2.24) is 5.32 Å². The lowest BCUT2D eigenvalue weighted by Gasteiger charge is -2.30. The van der Waals surface area contributed by atoms with Gasteiger partial charge < -0.3 is 10.1 Å². The Morgan fingerprint density at radius 3 is 2.56 bits per heavy atom. The van der Waals surface area contributed by atoms with Gasteiger partial charge in [0.1, 0.15) is 11.4 Å². The van der Waals surface area contributed by atoms with Gasteiger partial charge in [0.25, 0.3) is 0 Å². The van der Waals surface area contributed by atoms with Gasteiger partial charge in [0.2, 0.25) is 0 Å². The van der Waals surface area contributed by atoms with Crippen LogP contribution in [-0.2, 0) is 0 Å². The number of rotatable bonds is 7. The van der Waals surface area contributed by atoms with Crippen molar-refractivity contribution in [1.29, 1.82) is 0 Å². The summed E-state index contributed by atoms with van der Waals surface area (Å²) in [6, 6.07) is 8.44. The molecule has 1 atom stereocenters. The van der Waals surface area contributed by atoms with E-state index >= 15 is 0 Å². The lowest BCUT2D eigenvalue weighted by atomic mass is 10.0. The summed E-state index contributed by atoms with van der Waals surface area (Å²) >= 11 is 0. The van der Waals surface area contributed by atoms with E-state index in [-0.39, 0.29) is 5.60 Å². The van der Waals surface area contributed by atoms with Gasteiger partial charge in [-0.3, -0.25) is 0 Å². The summed E-state index contributed by atoms with van der Waals surface area (Å²) in [6.07, 6.45) is 0.992. The van der Waals surface area contributed by atoms with Crippen LogP contribution < -0.4 is 10.1 Å². The van der Waals surface area contributed by atoms with E-state index in [0.717, 1.165) is 25.3 Å². The maximum Gasteiger partial charge on any atom is 0.120 e. The highest BCUT2D eigenvalue weighted by atomic mass is 16.5. The molecule has 0 aromatic heterocycles. The molecule has 1 N–H and O–H groups in total. The van der Waals surface area contributed by atoms with E-state index < -0.39 is 0 Å². The second-order valence-electron chi connectivity index (χ2n) is 5.41. The predicted molar refractivity (Wildman–Crippen MR) is 78.4 cm³/mol. The summed E-state index contributed by atoms with van der Waals surface area (Å²) in [5, 5.41) is 3.37. The van der Waals surface area contributed by atoms with Crippen molar-refractivity contribution in [2.24, 2.45) is 0 Å². The van der Waals surface area contributed by atoms with Crippen LogP contribution in [0.1, 0.15) is 52.5 Å². The third-order valence-electron chi connectivity index (χ3n) is 3.39.